The molecule has 0 N–H and O–H groups in total. The van der Waals surface area contributed by atoms with E-state index < -0.39 is 7.14 Å². The van der Waals surface area contributed by atoms with Crippen LogP contribution in [0.5, 0.6) is 0 Å². The highest BCUT2D eigenvalue weighted by Crippen LogP contribution is 2.46. The molecule has 114 valence electrons. The first-order chi connectivity index (χ1) is 10.7. The van der Waals surface area contributed by atoms with Gasteiger partial charge in [0.2, 0.25) is 0 Å². The van der Waals surface area contributed by atoms with E-state index >= 15 is 0 Å². The van der Waals surface area contributed by atoms with Crippen LogP contribution in [0.25, 0.3) is 0 Å². The maximum atomic E-state index is 13.9. The van der Waals surface area contributed by atoms with Crippen molar-refractivity contribution in [2.24, 2.45) is 5.92 Å². The number of hydrogen-bond donors (Lipinski definition) is 0. The van der Waals surface area contributed by atoms with Gasteiger partial charge in [0.15, 0.2) is 0 Å². The smallest absolute Gasteiger partial charge is 0.143 e. The maximum Gasteiger partial charge on any atom is 0.143 e. The standard InChI is InChI=1S/C19H21O2P/c20-19-14-8-7-9-16(19)15-22(21,17-10-3-1-4-11-17)18-12-5-2-6-13-18/h1-6,10-13,16H,7-9,14-15H2/t16-/m1/s1. The second-order valence-electron chi connectivity index (χ2n) is 6.00. The van der Waals surface area contributed by atoms with Gasteiger partial charge in [-0.1, -0.05) is 67.1 Å². The summed E-state index contributed by atoms with van der Waals surface area (Å²) in [5, 5.41) is 1.72. The van der Waals surface area contributed by atoms with Gasteiger partial charge in [-0.05, 0) is 12.8 Å². The van der Waals surface area contributed by atoms with E-state index in [1.165, 1.54) is 0 Å². The molecule has 1 fully saturated rings. The zero-order valence-corrected chi connectivity index (χ0v) is 13.5. The van der Waals surface area contributed by atoms with E-state index in [1.807, 2.05) is 60.7 Å². The van der Waals surface area contributed by atoms with Gasteiger partial charge in [0.1, 0.15) is 12.9 Å². The Morgan fingerprint density at radius 1 is 0.864 bits per heavy atom. The van der Waals surface area contributed by atoms with Gasteiger partial charge in [-0.2, -0.15) is 0 Å². The van der Waals surface area contributed by atoms with Gasteiger partial charge in [0.25, 0.3) is 0 Å². The number of rotatable bonds is 4. The van der Waals surface area contributed by atoms with Crippen molar-refractivity contribution in [3.63, 3.8) is 0 Å². The summed E-state index contributed by atoms with van der Waals surface area (Å²) in [5.74, 6) is 0.235. The van der Waals surface area contributed by atoms with Crippen molar-refractivity contribution < 1.29 is 9.36 Å². The molecule has 1 aliphatic rings. The van der Waals surface area contributed by atoms with Crippen LogP contribution < -0.4 is 10.6 Å². The SMILES string of the molecule is O=C1CCCC[C@@H]1CP(=O)(c1ccccc1)c1ccccc1. The molecule has 2 nitrogen and oxygen atoms in total. The Morgan fingerprint density at radius 3 is 1.91 bits per heavy atom. The third-order valence-corrected chi connectivity index (χ3v) is 7.72. The third kappa shape index (κ3) is 3.08. The molecule has 3 rings (SSSR count). The predicted molar refractivity (Wildman–Crippen MR) is 91.6 cm³/mol. The molecule has 0 aliphatic heterocycles. The van der Waals surface area contributed by atoms with Gasteiger partial charge in [-0.15, -0.1) is 0 Å². The average molecular weight is 312 g/mol. The Bertz CT molecular complexity index is 636. The lowest BCUT2D eigenvalue weighted by Crippen LogP contribution is -2.28. The largest absolute Gasteiger partial charge is 0.314 e. The molecule has 2 aromatic rings. The lowest BCUT2D eigenvalue weighted by molar-refractivity contribution is -0.123. The van der Waals surface area contributed by atoms with E-state index in [-0.39, 0.29) is 5.92 Å². The average Bonchev–Trinajstić information content (AvgIpc) is 2.58. The van der Waals surface area contributed by atoms with Gasteiger partial charge < -0.3 is 4.57 Å². The van der Waals surface area contributed by atoms with Crippen molar-refractivity contribution in [3.8, 4) is 0 Å². The second kappa shape index (κ2) is 6.62. The minimum absolute atomic E-state index is 0.0556. The lowest BCUT2D eigenvalue weighted by Gasteiger charge is -2.26. The van der Waals surface area contributed by atoms with Crippen LogP contribution in [-0.2, 0) is 9.36 Å². The molecule has 0 heterocycles. The summed E-state index contributed by atoms with van der Waals surface area (Å²) >= 11 is 0. The highest BCUT2D eigenvalue weighted by atomic mass is 31.2. The van der Waals surface area contributed by atoms with Crippen molar-refractivity contribution in [2.75, 3.05) is 6.16 Å². The molecule has 1 saturated carbocycles. The fourth-order valence-electron chi connectivity index (χ4n) is 3.26. The van der Waals surface area contributed by atoms with Gasteiger partial charge in [0.05, 0.1) is 0 Å². The van der Waals surface area contributed by atoms with Crippen LogP contribution in [0.3, 0.4) is 0 Å². The van der Waals surface area contributed by atoms with E-state index in [1.54, 1.807) is 0 Å². The van der Waals surface area contributed by atoms with Crippen molar-refractivity contribution >= 4 is 23.5 Å². The third-order valence-electron chi connectivity index (χ3n) is 4.51. The Morgan fingerprint density at radius 2 is 1.41 bits per heavy atom. The molecule has 0 bridgehead atoms. The van der Waals surface area contributed by atoms with Crippen LogP contribution in [0.15, 0.2) is 60.7 Å². The summed E-state index contributed by atoms with van der Waals surface area (Å²) in [7, 11) is -2.75. The summed E-state index contributed by atoms with van der Waals surface area (Å²) < 4.78 is 13.9. The summed E-state index contributed by atoms with van der Waals surface area (Å²) in [6, 6.07) is 19.3. The lowest BCUT2D eigenvalue weighted by atomic mass is 9.89. The van der Waals surface area contributed by atoms with Crippen LogP contribution in [-0.4, -0.2) is 11.9 Å². The van der Waals surface area contributed by atoms with E-state index in [0.717, 1.165) is 29.9 Å². The van der Waals surface area contributed by atoms with Gasteiger partial charge in [-0.3, -0.25) is 4.79 Å². The molecule has 0 saturated heterocycles. The monoisotopic (exact) mass is 312 g/mol. The minimum Gasteiger partial charge on any atom is -0.314 e. The Kier molecular flexibility index (Phi) is 4.59. The van der Waals surface area contributed by atoms with Crippen LogP contribution in [0.1, 0.15) is 25.7 Å². The quantitative estimate of drug-likeness (QED) is 0.806. The Labute approximate surface area is 131 Å². The number of carbonyl (C=O) groups excluding carboxylic acids is 1. The highest BCUT2D eigenvalue weighted by Gasteiger charge is 2.34. The number of ketones is 1. The van der Waals surface area contributed by atoms with Crippen molar-refractivity contribution in [3.05, 3.63) is 60.7 Å². The Hall–Kier alpha value is -1.66. The summed E-state index contributed by atoms with van der Waals surface area (Å²) in [5.41, 5.74) is 0. The molecule has 0 radical (unpaired) electrons. The first-order valence-corrected chi connectivity index (χ1v) is 9.82. The number of benzene rings is 2. The van der Waals surface area contributed by atoms with Crippen molar-refractivity contribution in [1.29, 1.82) is 0 Å². The normalized spacial score (nSPS) is 19.1. The fourth-order valence-corrected chi connectivity index (χ4v) is 6.29. The number of hydrogen-bond acceptors (Lipinski definition) is 2. The molecule has 0 unspecified atom stereocenters. The van der Waals surface area contributed by atoms with Crippen LogP contribution in [0.4, 0.5) is 0 Å². The number of carbonyl (C=O) groups is 1. The summed E-state index contributed by atoms with van der Waals surface area (Å²) in [6.45, 7) is 0. The van der Waals surface area contributed by atoms with Gasteiger partial charge in [0, 0.05) is 29.1 Å². The molecule has 3 heteroatoms. The molecule has 22 heavy (non-hydrogen) atoms. The molecule has 1 atom stereocenters. The molecule has 0 amide bonds. The van der Waals surface area contributed by atoms with Crippen LogP contribution in [0.2, 0.25) is 0 Å². The molecular formula is C19H21O2P. The van der Waals surface area contributed by atoms with E-state index in [9.17, 15) is 9.36 Å². The first-order valence-electron chi connectivity index (χ1n) is 7.93. The molecule has 0 aromatic heterocycles. The molecule has 2 aromatic carbocycles. The molecule has 0 spiro atoms. The van der Waals surface area contributed by atoms with Gasteiger partial charge >= 0.3 is 0 Å². The first kappa shape index (κ1) is 15.2. The second-order valence-corrected chi connectivity index (χ2v) is 8.88. The molecule has 1 aliphatic carbocycles. The van der Waals surface area contributed by atoms with Crippen molar-refractivity contribution in [1.82, 2.24) is 0 Å². The highest BCUT2D eigenvalue weighted by molar-refractivity contribution is 7.78. The van der Waals surface area contributed by atoms with Crippen LogP contribution >= 0.6 is 7.14 Å². The minimum atomic E-state index is -2.75. The van der Waals surface area contributed by atoms with E-state index in [0.29, 0.717) is 18.4 Å². The zero-order valence-electron chi connectivity index (χ0n) is 12.7. The van der Waals surface area contributed by atoms with Crippen LogP contribution in [0, 0.1) is 5.92 Å². The Balaban J connectivity index is 2.00. The zero-order chi connectivity index (χ0) is 15.4. The van der Waals surface area contributed by atoms with E-state index in [2.05, 4.69) is 0 Å². The maximum absolute atomic E-state index is 13.9. The fraction of sp³-hybridized carbons (Fsp3) is 0.316. The summed E-state index contributed by atoms with van der Waals surface area (Å²) in [6.07, 6.45) is 4.05. The van der Waals surface area contributed by atoms with E-state index in [4.69, 9.17) is 0 Å². The number of Topliss-reactive ketones (excluding diaryl/α,β-unsaturated/α-hetero) is 1. The predicted octanol–water partition coefficient (Wildman–Crippen LogP) is 3.76. The topological polar surface area (TPSA) is 34.1 Å². The molecular weight excluding hydrogens is 291 g/mol. The van der Waals surface area contributed by atoms with Crippen molar-refractivity contribution in [2.45, 2.75) is 25.7 Å². The summed E-state index contributed by atoms with van der Waals surface area (Å²) in [4.78, 5) is 12.2. The van der Waals surface area contributed by atoms with Gasteiger partial charge in [-0.25, -0.2) is 0 Å².